The van der Waals surface area contributed by atoms with Crippen LogP contribution in [0.3, 0.4) is 0 Å². The predicted molar refractivity (Wildman–Crippen MR) is 54.9 cm³/mol. The molecule has 0 radical (unpaired) electrons. The number of aromatic nitrogens is 3. The summed E-state index contributed by atoms with van der Waals surface area (Å²) in [6.07, 6.45) is 1.06. The molecule has 1 unspecified atom stereocenters. The second-order valence-corrected chi connectivity index (χ2v) is 3.76. The fourth-order valence-corrected chi connectivity index (χ4v) is 1.41. The molecule has 5 nitrogen and oxygen atoms in total. The minimum atomic E-state index is 0.194. The molecular weight excluding hydrogens is 192 g/mol. The van der Waals surface area contributed by atoms with E-state index in [1.54, 1.807) is 4.68 Å². The molecule has 1 N–H and O–H groups in total. The van der Waals surface area contributed by atoms with Gasteiger partial charge in [0.05, 0.1) is 23.9 Å². The highest BCUT2D eigenvalue weighted by atomic mass is 16.3. The van der Waals surface area contributed by atoms with E-state index in [0.29, 0.717) is 12.3 Å². The van der Waals surface area contributed by atoms with Crippen molar-refractivity contribution in [3.8, 4) is 6.07 Å². The Balaban J connectivity index is 2.66. The first-order valence-electron chi connectivity index (χ1n) is 5.05. The number of aliphatic hydroxyl groups is 1. The molecule has 0 amide bonds. The second kappa shape index (κ2) is 5.47. The van der Waals surface area contributed by atoms with E-state index in [0.717, 1.165) is 24.4 Å². The summed E-state index contributed by atoms with van der Waals surface area (Å²) in [5.74, 6) is 0.366. The normalized spacial score (nSPS) is 12.4. The fourth-order valence-electron chi connectivity index (χ4n) is 1.41. The Kier molecular flexibility index (Phi) is 4.25. The summed E-state index contributed by atoms with van der Waals surface area (Å²) in [7, 11) is 0. The molecule has 1 rings (SSSR count). The van der Waals surface area contributed by atoms with Gasteiger partial charge in [-0.15, -0.1) is 5.10 Å². The first-order valence-corrected chi connectivity index (χ1v) is 5.05. The SMILES string of the molecule is Cc1c(CC#N)nnn1CC(C)CCO. The van der Waals surface area contributed by atoms with E-state index in [1.807, 2.05) is 6.92 Å². The van der Waals surface area contributed by atoms with Crippen molar-refractivity contribution in [3.05, 3.63) is 11.4 Å². The molecule has 0 fully saturated rings. The lowest BCUT2D eigenvalue weighted by Crippen LogP contribution is -2.12. The third-order valence-electron chi connectivity index (χ3n) is 2.43. The average molecular weight is 208 g/mol. The Hall–Kier alpha value is -1.41. The number of hydrogen-bond donors (Lipinski definition) is 1. The van der Waals surface area contributed by atoms with E-state index >= 15 is 0 Å². The number of nitriles is 1. The first-order chi connectivity index (χ1) is 7.19. The molecule has 1 aromatic rings. The summed E-state index contributed by atoms with van der Waals surface area (Å²) in [6.45, 7) is 4.91. The average Bonchev–Trinajstić information content (AvgIpc) is 2.51. The molecule has 0 saturated heterocycles. The summed E-state index contributed by atoms with van der Waals surface area (Å²) >= 11 is 0. The maximum Gasteiger partial charge on any atom is 0.0996 e. The molecule has 1 heterocycles. The highest BCUT2D eigenvalue weighted by molar-refractivity contribution is 5.12. The molecule has 15 heavy (non-hydrogen) atoms. The van der Waals surface area contributed by atoms with Gasteiger partial charge in [-0.2, -0.15) is 5.26 Å². The second-order valence-electron chi connectivity index (χ2n) is 3.76. The number of hydrogen-bond acceptors (Lipinski definition) is 4. The summed E-state index contributed by atoms with van der Waals surface area (Å²) in [6, 6.07) is 2.06. The summed E-state index contributed by atoms with van der Waals surface area (Å²) in [4.78, 5) is 0. The minimum Gasteiger partial charge on any atom is -0.396 e. The zero-order chi connectivity index (χ0) is 11.3. The Morgan fingerprint density at radius 3 is 2.93 bits per heavy atom. The monoisotopic (exact) mass is 208 g/mol. The fraction of sp³-hybridized carbons (Fsp3) is 0.700. The Labute approximate surface area is 89.3 Å². The smallest absolute Gasteiger partial charge is 0.0996 e. The topological polar surface area (TPSA) is 74.7 Å². The molecule has 0 bridgehead atoms. The Morgan fingerprint density at radius 1 is 1.60 bits per heavy atom. The largest absolute Gasteiger partial charge is 0.396 e. The first kappa shape index (κ1) is 11.7. The van der Waals surface area contributed by atoms with E-state index in [-0.39, 0.29) is 6.61 Å². The number of rotatable bonds is 5. The lowest BCUT2D eigenvalue weighted by Gasteiger charge is -2.10. The molecule has 0 aliphatic heterocycles. The molecule has 1 atom stereocenters. The zero-order valence-corrected chi connectivity index (χ0v) is 9.14. The van der Waals surface area contributed by atoms with Crippen LogP contribution in [0.15, 0.2) is 0 Å². The van der Waals surface area contributed by atoms with Gasteiger partial charge in [0, 0.05) is 13.2 Å². The highest BCUT2D eigenvalue weighted by Crippen LogP contribution is 2.09. The van der Waals surface area contributed by atoms with Gasteiger partial charge in [0.25, 0.3) is 0 Å². The molecule has 0 saturated carbocycles. The van der Waals surface area contributed by atoms with Crippen LogP contribution in [-0.4, -0.2) is 26.7 Å². The zero-order valence-electron chi connectivity index (χ0n) is 9.14. The maximum absolute atomic E-state index is 8.79. The molecule has 0 aliphatic rings. The minimum absolute atomic E-state index is 0.194. The van der Waals surface area contributed by atoms with E-state index in [4.69, 9.17) is 10.4 Å². The lowest BCUT2D eigenvalue weighted by atomic mass is 10.1. The van der Waals surface area contributed by atoms with Crippen LogP contribution < -0.4 is 0 Å². The van der Waals surface area contributed by atoms with Gasteiger partial charge in [-0.05, 0) is 19.3 Å². The van der Waals surface area contributed by atoms with Crippen molar-refractivity contribution < 1.29 is 5.11 Å². The Bertz CT molecular complexity index is 353. The molecule has 5 heteroatoms. The van der Waals surface area contributed by atoms with Crippen molar-refractivity contribution in [2.24, 2.45) is 5.92 Å². The molecule has 0 aromatic carbocycles. The predicted octanol–water partition coefficient (Wildman–Crippen LogP) is 0.671. The van der Waals surface area contributed by atoms with Gasteiger partial charge in [-0.1, -0.05) is 12.1 Å². The van der Waals surface area contributed by atoms with Crippen molar-refractivity contribution in [2.45, 2.75) is 33.2 Å². The van der Waals surface area contributed by atoms with E-state index < -0.39 is 0 Å². The van der Waals surface area contributed by atoms with Crippen molar-refractivity contribution in [2.75, 3.05) is 6.61 Å². The maximum atomic E-state index is 8.79. The van der Waals surface area contributed by atoms with Gasteiger partial charge in [0.15, 0.2) is 0 Å². The number of aliphatic hydroxyl groups excluding tert-OH is 1. The standard InChI is InChI=1S/C10H16N4O/c1-8(4-6-15)7-14-9(2)10(3-5-11)12-13-14/h8,15H,3-4,6-7H2,1-2H3. The quantitative estimate of drug-likeness (QED) is 0.771. The molecular formula is C10H16N4O. The van der Waals surface area contributed by atoms with Gasteiger partial charge in [0.1, 0.15) is 0 Å². The molecule has 0 aliphatic carbocycles. The van der Waals surface area contributed by atoms with Gasteiger partial charge in [0.2, 0.25) is 0 Å². The summed E-state index contributed by atoms with van der Waals surface area (Å²) < 4.78 is 1.80. The molecule has 82 valence electrons. The van der Waals surface area contributed by atoms with Crippen LogP contribution in [0.4, 0.5) is 0 Å². The van der Waals surface area contributed by atoms with E-state index in [9.17, 15) is 0 Å². The molecule has 1 aromatic heterocycles. The van der Waals surface area contributed by atoms with Crippen molar-refractivity contribution in [3.63, 3.8) is 0 Å². The third kappa shape index (κ3) is 3.03. The van der Waals surface area contributed by atoms with Gasteiger partial charge in [-0.25, -0.2) is 4.68 Å². The van der Waals surface area contributed by atoms with Gasteiger partial charge < -0.3 is 5.11 Å². The van der Waals surface area contributed by atoms with Crippen LogP contribution in [0.5, 0.6) is 0 Å². The van der Waals surface area contributed by atoms with E-state index in [1.165, 1.54) is 0 Å². The third-order valence-corrected chi connectivity index (χ3v) is 2.43. The summed E-state index contributed by atoms with van der Waals surface area (Å²) in [5.41, 5.74) is 1.69. The lowest BCUT2D eigenvalue weighted by molar-refractivity contribution is 0.250. The molecule has 0 spiro atoms. The van der Waals surface area contributed by atoms with Crippen LogP contribution in [-0.2, 0) is 13.0 Å². The van der Waals surface area contributed by atoms with Crippen LogP contribution in [0.1, 0.15) is 24.7 Å². The van der Waals surface area contributed by atoms with Gasteiger partial charge in [-0.3, -0.25) is 0 Å². The van der Waals surface area contributed by atoms with Gasteiger partial charge >= 0.3 is 0 Å². The van der Waals surface area contributed by atoms with Crippen LogP contribution >= 0.6 is 0 Å². The van der Waals surface area contributed by atoms with Crippen molar-refractivity contribution >= 4 is 0 Å². The number of nitrogens with zero attached hydrogens (tertiary/aromatic N) is 4. The Morgan fingerprint density at radius 2 is 2.33 bits per heavy atom. The van der Waals surface area contributed by atoms with Crippen LogP contribution in [0.2, 0.25) is 0 Å². The summed E-state index contributed by atoms with van der Waals surface area (Å²) in [5, 5.41) is 25.3. The van der Waals surface area contributed by atoms with Crippen LogP contribution in [0.25, 0.3) is 0 Å². The van der Waals surface area contributed by atoms with Crippen LogP contribution in [0, 0.1) is 24.2 Å². The van der Waals surface area contributed by atoms with Crippen molar-refractivity contribution in [1.29, 1.82) is 5.26 Å². The highest BCUT2D eigenvalue weighted by Gasteiger charge is 2.10. The van der Waals surface area contributed by atoms with Crippen molar-refractivity contribution in [1.82, 2.24) is 15.0 Å². The van der Waals surface area contributed by atoms with E-state index in [2.05, 4.69) is 23.3 Å².